The van der Waals surface area contributed by atoms with Crippen LogP contribution in [0.3, 0.4) is 0 Å². The third-order valence-electron chi connectivity index (χ3n) is 3.95. The molecule has 112 valence electrons. The number of rotatable bonds is 6. The van der Waals surface area contributed by atoms with Crippen LogP contribution in [-0.4, -0.2) is 45.3 Å². The number of piperazine rings is 1. The molecule has 20 heavy (non-hydrogen) atoms. The molecule has 0 radical (unpaired) electrons. The normalized spacial score (nSPS) is 17.8. The van der Waals surface area contributed by atoms with Crippen molar-refractivity contribution in [2.45, 2.75) is 25.8 Å². The molecule has 4 nitrogen and oxygen atoms in total. The highest BCUT2D eigenvalue weighted by Crippen LogP contribution is 2.39. The van der Waals surface area contributed by atoms with Gasteiger partial charge in [-0.05, 0) is 18.6 Å². The molecule has 1 aromatic rings. The molecule has 0 amide bonds. The minimum absolute atomic E-state index is 0.369. The van der Waals surface area contributed by atoms with Crippen molar-refractivity contribution >= 4 is 0 Å². The number of benzene rings is 1. The van der Waals surface area contributed by atoms with Crippen molar-refractivity contribution in [3.63, 3.8) is 0 Å². The number of ether oxygens (including phenoxy) is 2. The van der Waals surface area contributed by atoms with Crippen LogP contribution < -0.4 is 14.8 Å². The van der Waals surface area contributed by atoms with Gasteiger partial charge in [0.2, 0.25) is 0 Å². The molecule has 2 rings (SSSR count). The van der Waals surface area contributed by atoms with E-state index in [0.29, 0.717) is 6.04 Å². The first-order valence-electron chi connectivity index (χ1n) is 7.47. The fourth-order valence-electron chi connectivity index (χ4n) is 2.99. The van der Waals surface area contributed by atoms with Gasteiger partial charge in [0.05, 0.1) is 19.8 Å². The van der Waals surface area contributed by atoms with E-state index in [0.717, 1.165) is 50.5 Å². The summed E-state index contributed by atoms with van der Waals surface area (Å²) in [4.78, 5) is 2.54. The lowest BCUT2D eigenvalue weighted by Gasteiger charge is -2.36. The van der Waals surface area contributed by atoms with Crippen LogP contribution in [-0.2, 0) is 0 Å². The topological polar surface area (TPSA) is 33.7 Å². The Labute approximate surface area is 122 Å². The van der Waals surface area contributed by atoms with Gasteiger partial charge in [0.1, 0.15) is 11.5 Å². The minimum atomic E-state index is 0.369. The van der Waals surface area contributed by atoms with E-state index in [2.05, 4.69) is 17.1 Å². The molecule has 0 saturated carbocycles. The zero-order valence-corrected chi connectivity index (χ0v) is 12.8. The molecule has 1 atom stereocenters. The molecule has 0 spiro atoms. The third-order valence-corrected chi connectivity index (χ3v) is 3.95. The van der Waals surface area contributed by atoms with Gasteiger partial charge in [-0.15, -0.1) is 0 Å². The molecule has 1 aliphatic heterocycles. The highest BCUT2D eigenvalue weighted by atomic mass is 16.5. The van der Waals surface area contributed by atoms with E-state index >= 15 is 0 Å². The maximum atomic E-state index is 5.58. The van der Waals surface area contributed by atoms with Crippen LogP contribution in [0.5, 0.6) is 11.5 Å². The highest BCUT2D eigenvalue weighted by Gasteiger charge is 2.27. The van der Waals surface area contributed by atoms with Crippen molar-refractivity contribution in [3.05, 3.63) is 23.8 Å². The van der Waals surface area contributed by atoms with Crippen LogP contribution in [0.15, 0.2) is 18.2 Å². The van der Waals surface area contributed by atoms with Crippen LogP contribution in [0.25, 0.3) is 0 Å². The number of hydrogen-bond donors (Lipinski definition) is 1. The zero-order chi connectivity index (χ0) is 14.4. The first kappa shape index (κ1) is 15.1. The molecular formula is C16H26N2O2. The molecule has 0 aromatic heterocycles. The monoisotopic (exact) mass is 278 g/mol. The van der Waals surface area contributed by atoms with Crippen LogP contribution in [0.1, 0.15) is 31.4 Å². The largest absolute Gasteiger partial charge is 0.496 e. The summed E-state index contributed by atoms with van der Waals surface area (Å²) in [6, 6.07) is 6.42. The van der Waals surface area contributed by atoms with Gasteiger partial charge in [-0.25, -0.2) is 0 Å². The van der Waals surface area contributed by atoms with Gasteiger partial charge in [0.15, 0.2) is 0 Å². The first-order valence-corrected chi connectivity index (χ1v) is 7.47. The highest BCUT2D eigenvalue weighted by molar-refractivity contribution is 5.47. The summed E-state index contributed by atoms with van der Waals surface area (Å²) in [5.74, 6) is 1.86. The van der Waals surface area contributed by atoms with Crippen LogP contribution in [0, 0.1) is 0 Å². The predicted molar refractivity (Wildman–Crippen MR) is 81.6 cm³/mol. The second kappa shape index (κ2) is 7.50. The maximum Gasteiger partial charge on any atom is 0.127 e. The number of methoxy groups -OCH3 is 2. The molecule has 1 heterocycles. The lowest BCUT2D eigenvalue weighted by Crippen LogP contribution is -2.45. The van der Waals surface area contributed by atoms with Crippen LogP contribution in [0.2, 0.25) is 0 Å². The van der Waals surface area contributed by atoms with Crippen molar-refractivity contribution in [1.29, 1.82) is 0 Å². The van der Waals surface area contributed by atoms with Gasteiger partial charge >= 0.3 is 0 Å². The standard InChI is InChI=1S/C16H26N2O2/c1-4-6-13(18-11-9-17-10-12-18)16-14(19-2)7-5-8-15(16)20-3/h5,7-8,13,17H,4,6,9-12H2,1-3H3/t13-/m1/s1. The molecule has 4 heteroatoms. The predicted octanol–water partition coefficient (Wildman–Crippen LogP) is 2.45. The smallest absolute Gasteiger partial charge is 0.127 e. The van der Waals surface area contributed by atoms with Crippen molar-refractivity contribution in [1.82, 2.24) is 10.2 Å². The summed E-state index contributed by atoms with van der Waals surface area (Å²) in [7, 11) is 3.47. The summed E-state index contributed by atoms with van der Waals surface area (Å²) in [5.41, 5.74) is 1.20. The van der Waals surface area contributed by atoms with Crippen molar-refractivity contribution in [3.8, 4) is 11.5 Å². The molecule has 0 aliphatic carbocycles. The van der Waals surface area contributed by atoms with Crippen molar-refractivity contribution < 1.29 is 9.47 Å². The Morgan fingerprint density at radius 2 is 1.75 bits per heavy atom. The molecule has 1 aliphatic rings. The number of nitrogens with one attached hydrogen (secondary N) is 1. The lowest BCUT2D eigenvalue weighted by atomic mass is 9.97. The number of nitrogens with zero attached hydrogens (tertiary/aromatic N) is 1. The lowest BCUT2D eigenvalue weighted by molar-refractivity contribution is 0.159. The Morgan fingerprint density at radius 1 is 1.15 bits per heavy atom. The average molecular weight is 278 g/mol. The molecule has 0 unspecified atom stereocenters. The van der Waals surface area contributed by atoms with Crippen LogP contribution in [0.4, 0.5) is 0 Å². The summed E-state index contributed by atoms with van der Waals surface area (Å²) in [6.45, 7) is 6.49. The van der Waals surface area contributed by atoms with E-state index in [-0.39, 0.29) is 0 Å². The summed E-state index contributed by atoms with van der Waals surface area (Å²) < 4.78 is 11.2. The number of hydrogen-bond acceptors (Lipinski definition) is 4. The van der Waals surface area contributed by atoms with E-state index in [9.17, 15) is 0 Å². The fraction of sp³-hybridized carbons (Fsp3) is 0.625. The summed E-state index contributed by atoms with van der Waals surface area (Å²) >= 11 is 0. The summed E-state index contributed by atoms with van der Waals surface area (Å²) in [5, 5.41) is 3.42. The molecule has 1 fully saturated rings. The molecule has 1 saturated heterocycles. The van der Waals surface area contributed by atoms with Gasteiger partial charge in [-0.1, -0.05) is 19.4 Å². The van der Waals surface area contributed by atoms with Gasteiger partial charge in [0, 0.05) is 32.2 Å². The van der Waals surface area contributed by atoms with E-state index in [1.54, 1.807) is 14.2 Å². The molecular weight excluding hydrogens is 252 g/mol. The Hall–Kier alpha value is -1.26. The van der Waals surface area contributed by atoms with E-state index in [1.807, 2.05) is 18.2 Å². The van der Waals surface area contributed by atoms with Gasteiger partial charge in [-0.2, -0.15) is 0 Å². The van der Waals surface area contributed by atoms with E-state index in [4.69, 9.17) is 9.47 Å². The first-order chi connectivity index (χ1) is 9.81. The Balaban J connectivity index is 2.36. The second-order valence-corrected chi connectivity index (χ2v) is 5.17. The molecule has 0 bridgehead atoms. The Kier molecular flexibility index (Phi) is 5.68. The molecule has 1 N–H and O–H groups in total. The SMILES string of the molecule is CCC[C@H](c1c(OC)cccc1OC)N1CCNCC1. The van der Waals surface area contributed by atoms with E-state index in [1.165, 1.54) is 5.56 Å². The third kappa shape index (κ3) is 3.25. The van der Waals surface area contributed by atoms with Gasteiger partial charge in [-0.3, -0.25) is 4.90 Å². The van der Waals surface area contributed by atoms with Crippen LogP contribution >= 0.6 is 0 Å². The quantitative estimate of drug-likeness (QED) is 0.866. The van der Waals surface area contributed by atoms with Crippen molar-refractivity contribution in [2.24, 2.45) is 0 Å². The Bertz CT molecular complexity index is 395. The van der Waals surface area contributed by atoms with Crippen molar-refractivity contribution in [2.75, 3.05) is 40.4 Å². The van der Waals surface area contributed by atoms with Gasteiger partial charge < -0.3 is 14.8 Å². The van der Waals surface area contributed by atoms with E-state index < -0.39 is 0 Å². The zero-order valence-electron chi connectivity index (χ0n) is 12.8. The minimum Gasteiger partial charge on any atom is -0.496 e. The van der Waals surface area contributed by atoms with Gasteiger partial charge in [0.25, 0.3) is 0 Å². The summed E-state index contributed by atoms with van der Waals surface area (Å²) in [6.07, 6.45) is 2.27. The molecule has 1 aromatic carbocycles. The maximum absolute atomic E-state index is 5.58. The fourth-order valence-corrected chi connectivity index (χ4v) is 2.99. The Morgan fingerprint density at radius 3 is 2.25 bits per heavy atom. The average Bonchev–Trinajstić information content (AvgIpc) is 2.52. The second-order valence-electron chi connectivity index (χ2n) is 5.17.